The molecule has 5 heteroatoms. The molecule has 0 saturated carbocycles. The topological polar surface area (TPSA) is 38.9 Å². The lowest BCUT2D eigenvalue weighted by atomic mass is 10.1. The highest BCUT2D eigenvalue weighted by molar-refractivity contribution is 7.11. The summed E-state index contributed by atoms with van der Waals surface area (Å²) in [5, 5.41) is 2.05. The summed E-state index contributed by atoms with van der Waals surface area (Å²) in [5.41, 5.74) is 6.95. The Balaban J connectivity index is 2.37. The zero-order chi connectivity index (χ0) is 11.7. The summed E-state index contributed by atoms with van der Waals surface area (Å²) in [5.74, 6) is 0. The van der Waals surface area contributed by atoms with E-state index in [1.807, 2.05) is 19.2 Å². The molecule has 2 nitrogen and oxygen atoms in total. The number of aromatic nitrogens is 1. The van der Waals surface area contributed by atoms with E-state index in [1.54, 1.807) is 23.5 Å². The van der Waals surface area contributed by atoms with Gasteiger partial charge in [-0.3, -0.25) is 0 Å². The summed E-state index contributed by atoms with van der Waals surface area (Å²) in [4.78, 5) is 5.39. The highest BCUT2D eigenvalue weighted by Crippen LogP contribution is 2.30. The van der Waals surface area contributed by atoms with Gasteiger partial charge < -0.3 is 5.73 Å². The van der Waals surface area contributed by atoms with E-state index in [0.717, 1.165) is 15.4 Å². The lowest BCUT2D eigenvalue weighted by Gasteiger charge is -2.10. The van der Waals surface area contributed by atoms with E-state index >= 15 is 0 Å². The first kappa shape index (κ1) is 11.9. The lowest BCUT2D eigenvalue weighted by Crippen LogP contribution is -2.11. The maximum Gasteiger partial charge on any atom is 0.114 e. The number of hydrogen-bond donors (Lipinski definition) is 1. The predicted octanol–water partition coefficient (Wildman–Crippen LogP) is 3.81. The third-order valence-electron chi connectivity index (χ3n) is 2.20. The Labute approximate surface area is 108 Å². The van der Waals surface area contributed by atoms with Crippen molar-refractivity contribution in [2.24, 2.45) is 5.73 Å². The van der Waals surface area contributed by atoms with Gasteiger partial charge in [0.15, 0.2) is 0 Å². The van der Waals surface area contributed by atoms with Gasteiger partial charge in [-0.2, -0.15) is 0 Å². The summed E-state index contributed by atoms with van der Waals surface area (Å²) >= 11 is 13.5. The van der Waals surface area contributed by atoms with Crippen LogP contribution in [0.1, 0.15) is 21.5 Å². The van der Waals surface area contributed by atoms with Gasteiger partial charge in [-0.25, -0.2) is 4.98 Å². The molecule has 0 aliphatic rings. The minimum atomic E-state index is -0.288. The van der Waals surface area contributed by atoms with Crippen molar-refractivity contribution < 1.29 is 0 Å². The van der Waals surface area contributed by atoms with Crippen LogP contribution in [0.4, 0.5) is 0 Å². The highest BCUT2D eigenvalue weighted by Gasteiger charge is 2.15. The first-order valence-electron chi connectivity index (χ1n) is 4.71. The molecule has 1 unspecified atom stereocenters. The lowest BCUT2D eigenvalue weighted by molar-refractivity contribution is 0.858. The minimum Gasteiger partial charge on any atom is -0.318 e. The van der Waals surface area contributed by atoms with Crippen molar-refractivity contribution in [2.75, 3.05) is 0 Å². The van der Waals surface area contributed by atoms with E-state index in [9.17, 15) is 0 Å². The van der Waals surface area contributed by atoms with E-state index in [0.29, 0.717) is 10.0 Å². The van der Waals surface area contributed by atoms with Crippen LogP contribution >= 0.6 is 34.5 Å². The SMILES string of the molecule is Cc1cnc(C(N)c2ccc(Cl)cc2Cl)s1. The number of thiazole rings is 1. The third kappa shape index (κ3) is 2.38. The van der Waals surface area contributed by atoms with Crippen LogP contribution in [-0.4, -0.2) is 4.98 Å². The number of benzene rings is 1. The summed E-state index contributed by atoms with van der Waals surface area (Å²) in [6.45, 7) is 2.00. The Bertz CT molecular complexity index is 510. The van der Waals surface area contributed by atoms with Crippen LogP contribution in [-0.2, 0) is 0 Å². The molecule has 0 radical (unpaired) electrons. The van der Waals surface area contributed by atoms with Gasteiger partial charge in [0.25, 0.3) is 0 Å². The molecule has 0 aliphatic carbocycles. The molecular formula is C11H10Cl2N2S. The van der Waals surface area contributed by atoms with E-state index in [2.05, 4.69) is 4.98 Å². The van der Waals surface area contributed by atoms with Crippen LogP contribution in [0.2, 0.25) is 10.0 Å². The molecule has 0 bridgehead atoms. The molecular weight excluding hydrogens is 263 g/mol. The van der Waals surface area contributed by atoms with Gasteiger partial charge in [-0.05, 0) is 24.6 Å². The van der Waals surface area contributed by atoms with E-state index in [1.165, 1.54) is 0 Å². The normalized spacial score (nSPS) is 12.8. The third-order valence-corrected chi connectivity index (χ3v) is 3.76. The molecule has 0 saturated heterocycles. The standard InChI is InChI=1S/C11H10Cl2N2S/c1-6-5-15-11(16-6)10(14)8-3-2-7(12)4-9(8)13/h2-5,10H,14H2,1H3. The zero-order valence-corrected chi connectivity index (χ0v) is 10.9. The Morgan fingerprint density at radius 1 is 1.38 bits per heavy atom. The van der Waals surface area contributed by atoms with Gasteiger partial charge in [0.1, 0.15) is 5.01 Å². The highest BCUT2D eigenvalue weighted by atomic mass is 35.5. The fourth-order valence-electron chi connectivity index (χ4n) is 1.40. The monoisotopic (exact) mass is 272 g/mol. The van der Waals surface area contributed by atoms with Crippen LogP contribution in [0.5, 0.6) is 0 Å². The Hall–Kier alpha value is -0.610. The molecule has 84 valence electrons. The molecule has 0 fully saturated rings. The first-order chi connectivity index (χ1) is 7.58. The summed E-state index contributed by atoms with van der Waals surface area (Å²) < 4.78 is 0. The molecule has 0 aliphatic heterocycles. The van der Waals surface area contributed by atoms with Crippen molar-refractivity contribution >= 4 is 34.5 Å². The Kier molecular flexibility index (Phi) is 3.50. The van der Waals surface area contributed by atoms with Crippen molar-refractivity contribution in [3.63, 3.8) is 0 Å². The number of rotatable bonds is 2. The van der Waals surface area contributed by atoms with Crippen LogP contribution in [0.25, 0.3) is 0 Å². The molecule has 2 rings (SSSR count). The van der Waals surface area contributed by atoms with E-state index in [4.69, 9.17) is 28.9 Å². The van der Waals surface area contributed by atoms with Gasteiger partial charge in [0, 0.05) is 21.1 Å². The van der Waals surface area contributed by atoms with Crippen LogP contribution in [0.3, 0.4) is 0 Å². The molecule has 1 atom stereocenters. The second kappa shape index (κ2) is 4.72. The first-order valence-corrected chi connectivity index (χ1v) is 6.28. The molecule has 2 N–H and O–H groups in total. The Morgan fingerprint density at radius 2 is 2.12 bits per heavy atom. The van der Waals surface area contributed by atoms with Crippen molar-refractivity contribution in [3.8, 4) is 0 Å². The molecule has 16 heavy (non-hydrogen) atoms. The van der Waals surface area contributed by atoms with Gasteiger partial charge in [0.05, 0.1) is 6.04 Å². The maximum atomic E-state index is 6.10. The maximum absolute atomic E-state index is 6.10. The average molecular weight is 273 g/mol. The second-order valence-electron chi connectivity index (χ2n) is 3.45. The smallest absolute Gasteiger partial charge is 0.114 e. The zero-order valence-electron chi connectivity index (χ0n) is 8.58. The fourth-order valence-corrected chi connectivity index (χ4v) is 2.72. The summed E-state index contributed by atoms with van der Waals surface area (Å²) in [6.07, 6.45) is 1.81. The summed E-state index contributed by atoms with van der Waals surface area (Å²) in [6, 6.07) is 5.02. The van der Waals surface area contributed by atoms with Crippen molar-refractivity contribution in [2.45, 2.75) is 13.0 Å². The van der Waals surface area contributed by atoms with Gasteiger partial charge >= 0.3 is 0 Å². The molecule has 2 aromatic rings. The van der Waals surface area contributed by atoms with Crippen molar-refractivity contribution in [1.29, 1.82) is 0 Å². The van der Waals surface area contributed by atoms with Gasteiger partial charge in [0.2, 0.25) is 0 Å². The molecule has 0 spiro atoms. The minimum absolute atomic E-state index is 0.288. The number of aryl methyl sites for hydroxylation is 1. The second-order valence-corrected chi connectivity index (χ2v) is 5.56. The molecule has 0 amide bonds. The van der Waals surface area contributed by atoms with E-state index in [-0.39, 0.29) is 6.04 Å². The molecule has 1 aromatic carbocycles. The Morgan fingerprint density at radius 3 is 2.69 bits per heavy atom. The van der Waals surface area contributed by atoms with Crippen LogP contribution in [0, 0.1) is 6.92 Å². The van der Waals surface area contributed by atoms with Gasteiger partial charge in [-0.1, -0.05) is 29.3 Å². The number of halogens is 2. The average Bonchev–Trinajstić information content (AvgIpc) is 2.64. The molecule has 1 heterocycles. The van der Waals surface area contributed by atoms with E-state index < -0.39 is 0 Å². The van der Waals surface area contributed by atoms with Gasteiger partial charge in [-0.15, -0.1) is 11.3 Å². The van der Waals surface area contributed by atoms with Crippen molar-refractivity contribution in [1.82, 2.24) is 4.98 Å². The largest absolute Gasteiger partial charge is 0.318 e. The quantitative estimate of drug-likeness (QED) is 0.903. The predicted molar refractivity (Wildman–Crippen MR) is 69.3 cm³/mol. The van der Waals surface area contributed by atoms with Crippen LogP contribution < -0.4 is 5.73 Å². The number of nitrogens with zero attached hydrogens (tertiary/aromatic N) is 1. The van der Waals surface area contributed by atoms with Crippen LogP contribution in [0.15, 0.2) is 24.4 Å². The van der Waals surface area contributed by atoms with Crippen molar-refractivity contribution in [3.05, 3.63) is 49.9 Å². The number of hydrogen-bond acceptors (Lipinski definition) is 3. The fraction of sp³-hybridized carbons (Fsp3) is 0.182. The molecule has 1 aromatic heterocycles. The number of nitrogens with two attached hydrogens (primary N) is 1. The summed E-state index contributed by atoms with van der Waals surface area (Å²) in [7, 11) is 0.